The highest BCUT2D eigenvalue weighted by Gasteiger charge is 2.26. The number of aromatic nitrogens is 4. The second kappa shape index (κ2) is 8.11. The number of thioether (sulfide) groups is 1. The number of aryl methyl sites for hydroxylation is 2. The van der Waals surface area contributed by atoms with Crippen molar-refractivity contribution < 1.29 is 0 Å². The Morgan fingerprint density at radius 3 is 2.91 bits per heavy atom. The van der Waals surface area contributed by atoms with Gasteiger partial charge in [0.25, 0.3) is 0 Å². The Labute approximate surface area is 141 Å². The summed E-state index contributed by atoms with van der Waals surface area (Å²) in [6.45, 7) is 0.787. The van der Waals surface area contributed by atoms with E-state index < -0.39 is 0 Å². The van der Waals surface area contributed by atoms with Crippen LogP contribution in [0.1, 0.15) is 37.8 Å². The van der Waals surface area contributed by atoms with Crippen molar-refractivity contribution in [2.75, 3.05) is 0 Å². The molecule has 1 aliphatic carbocycles. The fourth-order valence-corrected chi connectivity index (χ4v) is 4.16. The number of hydrogen-bond acceptors (Lipinski definition) is 5. The van der Waals surface area contributed by atoms with Gasteiger partial charge in [0.15, 0.2) is 5.16 Å². The lowest BCUT2D eigenvalue weighted by atomic mass is 9.87. The molecule has 5 nitrogen and oxygen atoms in total. The Kier molecular flexibility index (Phi) is 5.65. The summed E-state index contributed by atoms with van der Waals surface area (Å²) in [5.41, 5.74) is 1.06. The molecular weight excluding hydrogens is 306 g/mol. The Hall–Kier alpha value is -1.87. The molecule has 0 bridgehead atoms. The van der Waals surface area contributed by atoms with E-state index in [9.17, 15) is 5.26 Å². The van der Waals surface area contributed by atoms with Gasteiger partial charge in [0.05, 0.1) is 6.07 Å². The molecule has 0 radical (unpaired) electrons. The molecule has 1 saturated carbocycles. The molecule has 0 N–H and O–H groups in total. The molecule has 1 aliphatic rings. The number of nitrogens with zero attached hydrogens (tertiary/aromatic N) is 5. The lowest BCUT2D eigenvalue weighted by Gasteiger charge is -2.24. The SMILES string of the molecule is N#C[C@@H](Sc1nncn1CCc1ccccn1)C1CCCCC1. The van der Waals surface area contributed by atoms with Crippen molar-refractivity contribution in [1.82, 2.24) is 19.7 Å². The molecule has 0 aliphatic heterocycles. The Morgan fingerprint density at radius 1 is 1.30 bits per heavy atom. The van der Waals surface area contributed by atoms with Gasteiger partial charge in [0.2, 0.25) is 0 Å². The number of hydrogen-bond donors (Lipinski definition) is 0. The zero-order valence-corrected chi connectivity index (χ0v) is 14.0. The Balaban J connectivity index is 1.62. The smallest absolute Gasteiger partial charge is 0.192 e. The first-order valence-corrected chi connectivity index (χ1v) is 9.09. The summed E-state index contributed by atoms with van der Waals surface area (Å²) in [4.78, 5) is 4.35. The van der Waals surface area contributed by atoms with E-state index in [1.807, 2.05) is 29.0 Å². The molecular formula is C17H21N5S. The summed E-state index contributed by atoms with van der Waals surface area (Å²) in [7, 11) is 0. The highest BCUT2D eigenvalue weighted by Crippen LogP contribution is 2.35. The van der Waals surface area contributed by atoms with Gasteiger partial charge < -0.3 is 4.57 Å². The van der Waals surface area contributed by atoms with E-state index in [1.165, 1.54) is 19.3 Å². The molecule has 0 aromatic carbocycles. The third kappa shape index (κ3) is 4.32. The van der Waals surface area contributed by atoms with Crippen molar-refractivity contribution in [3.05, 3.63) is 36.4 Å². The number of pyridine rings is 1. The van der Waals surface area contributed by atoms with Gasteiger partial charge in [0, 0.05) is 24.9 Å². The summed E-state index contributed by atoms with van der Waals surface area (Å²) in [6.07, 6.45) is 10.5. The second-order valence-corrected chi connectivity index (χ2v) is 7.05. The lowest BCUT2D eigenvalue weighted by Crippen LogP contribution is -2.19. The van der Waals surface area contributed by atoms with E-state index >= 15 is 0 Å². The zero-order valence-electron chi connectivity index (χ0n) is 13.1. The van der Waals surface area contributed by atoms with E-state index in [4.69, 9.17) is 0 Å². The molecule has 0 amide bonds. The van der Waals surface area contributed by atoms with Crippen LogP contribution in [0.3, 0.4) is 0 Å². The molecule has 1 fully saturated rings. The molecule has 2 heterocycles. The van der Waals surface area contributed by atoms with Crippen LogP contribution in [0.25, 0.3) is 0 Å². The first-order valence-electron chi connectivity index (χ1n) is 8.21. The fourth-order valence-electron chi connectivity index (χ4n) is 3.05. The third-order valence-electron chi connectivity index (χ3n) is 4.35. The molecule has 0 saturated heterocycles. The first kappa shape index (κ1) is 16.0. The van der Waals surface area contributed by atoms with Crippen LogP contribution in [0.4, 0.5) is 0 Å². The molecule has 0 unspecified atom stereocenters. The molecule has 0 spiro atoms. The molecule has 3 rings (SSSR count). The predicted octanol–water partition coefficient (Wildman–Crippen LogP) is 3.48. The van der Waals surface area contributed by atoms with Crippen LogP contribution in [0.2, 0.25) is 0 Å². The van der Waals surface area contributed by atoms with Crippen LogP contribution in [0.5, 0.6) is 0 Å². The molecule has 23 heavy (non-hydrogen) atoms. The van der Waals surface area contributed by atoms with Crippen LogP contribution in [-0.4, -0.2) is 25.0 Å². The van der Waals surface area contributed by atoms with Gasteiger partial charge in [-0.1, -0.05) is 37.1 Å². The monoisotopic (exact) mass is 327 g/mol. The highest BCUT2D eigenvalue weighted by atomic mass is 32.2. The average molecular weight is 327 g/mol. The summed E-state index contributed by atoms with van der Waals surface area (Å²) in [6, 6.07) is 8.43. The van der Waals surface area contributed by atoms with Gasteiger partial charge in [0.1, 0.15) is 11.6 Å². The topological polar surface area (TPSA) is 67.4 Å². The van der Waals surface area contributed by atoms with Crippen molar-refractivity contribution in [2.45, 2.75) is 55.5 Å². The van der Waals surface area contributed by atoms with E-state index in [-0.39, 0.29) is 5.25 Å². The average Bonchev–Trinajstić information content (AvgIpc) is 3.06. The van der Waals surface area contributed by atoms with Gasteiger partial charge in [-0.3, -0.25) is 4.98 Å². The Bertz CT molecular complexity index is 643. The van der Waals surface area contributed by atoms with Gasteiger partial charge in [-0.2, -0.15) is 5.26 Å². The second-order valence-electron chi connectivity index (χ2n) is 5.94. The maximum Gasteiger partial charge on any atom is 0.192 e. The van der Waals surface area contributed by atoms with Crippen LogP contribution < -0.4 is 0 Å². The van der Waals surface area contributed by atoms with Crippen molar-refractivity contribution in [2.24, 2.45) is 5.92 Å². The van der Waals surface area contributed by atoms with Crippen LogP contribution in [0.15, 0.2) is 35.9 Å². The quantitative estimate of drug-likeness (QED) is 0.760. The normalized spacial score (nSPS) is 16.8. The summed E-state index contributed by atoms with van der Waals surface area (Å²) < 4.78 is 2.03. The Morgan fingerprint density at radius 2 is 2.17 bits per heavy atom. The highest BCUT2D eigenvalue weighted by molar-refractivity contribution is 8.00. The maximum atomic E-state index is 9.54. The maximum absolute atomic E-state index is 9.54. The van der Waals surface area contributed by atoms with Gasteiger partial charge >= 0.3 is 0 Å². The lowest BCUT2D eigenvalue weighted by molar-refractivity contribution is 0.369. The van der Waals surface area contributed by atoms with Crippen molar-refractivity contribution >= 4 is 11.8 Å². The van der Waals surface area contributed by atoms with Gasteiger partial charge in [-0.25, -0.2) is 0 Å². The first-order chi connectivity index (χ1) is 11.4. The minimum atomic E-state index is -0.0203. The zero-order chi connectivity index (χ0) is 15.9. The van der Waals surface area contributed by atoms with Crippen molar-refractivity contribution in [3.8, 4) is 6.07 Å². The minimum Gasteiger partial charge on any atom is -0.308 e. The number of nitriles is 1. The third-order valence-corrected chi connectivity index (χ3v) is 5.62. The van der Waals surface area contributed by atoms with E-state index in [0.717, 1.165) is 36.7 Å². The van der Waals surface area contributed by atoms with Crippen LogP contribution in [0, 0.1) is 17.2 Å². The standard InChI is InChI=1S/C17H21N5S/c18-12-16(14-6-2-1-3-7-14)23-17-21-20-13-22(17)11-9-15-8-4-5-10-19-15/h4-5,8,10,13-14,16H,1-3,6-7,9,11H2/t16-/m1/s1. The van der Waals surface area contributed by atoms with E-state index in [2.05, 4.69) is 21.3 Å². The summed E-state index contributed by atoms with van der Waals surface area (Å²) in [5.74, 6) is 0.486. The molecule has 120 valence electrons. The van der Waals surface area contributed by atoms with Crippen molar-refractivity contribution in [3.63, 3.8) is 0 Å². The fraction of sp³-hybridized carbons (Fsp3) is 0.529. The van der Waals surface area contributed by atoms with E-state index in [1.54, 1.807) is 18.1 Å². The summed E-state index contributed by atoms with van der Waals surface area (Å²) >= 11 is 1.57. The minimum absolute atomic E-state index is 0.0203. The molecule has 2 aromatic heterocycles. The molecule has 1 atom stereocenters. The van der Waals surface area contributed by atoms with E-state index in [0.29, 0.717) is 5.92 Å². The van der Waals surface area contributed by atoms with Gasteiger partial charge in [-0.05, 0) is 30.9 Å². The molecule has 2 aromatic rings. The van der Waals surface area contributed by atoms with Crippen LogP contribution in [-0.2, 0) is 13.0 Å². The summed E-state index contributed by atoms with van der Waals surface area (Å²) in [5, 5.41) is 18.6. The largest absolute Gasteiger partial charge is 0.308 e. The van der Waals surface area contributed by atoms with Crippen molar-refractivity contribution in [1.29, 1.82) is 5.26 Å². The predicted molar refractivity (Wildman–Crippen MR) is 89.8 cm³/mol. The van der Waals surface area contributed by atoms with Gasteiger partial charge in [-0.15, -0.1) is 10.2 Å². The molecule has 6 heteroatoms. The van der Waals surface area contributed by atoms with Crippen LogP contribution >= 0.6 is 11.8 Å². The number of rotatable bonds is 6.